The Labute approximate surface area is 112 Å². The summed E-state index contributed by atoms with van der Waals surface area (Å²) < 4.78 is 0. The van der Waals surface area contributed by atoms with Crippen LogP contribution in [0.3, 0.4) is 0 Å². The Morgan fingerprint density at radius 2 is 1.89 bits per heavy atom. The van der Waals surface area contributed by atoms with Gasteiger partial charge < -0.3 is 0 Å². The number of thiophene rings is 1. The summed E-state index contributed by atoms with van der Waals surface area (Å²) in [5.74, 6) is 0.541. The van der Waals surface area contributed by atoms with Crippen molar-refractivity contribution in [3.05, 3.63) is 57.8 Å². The molecule has 1 aromatic heterocycles. The zero-order valence-electron chi connectivity index (χ0n) is 10.6. The van der Waals surface area contributed by atoms with Gasteiger partial charge in [-0.15, -0.1) is 11.3 Å². The van der Waals surface area contributed by atoms with E-state index in [0.717, 1.165) is 10.4 Å². The van der Waals surface area contributed by atoms with Crippen molar-refractivity contribution in [3.8, 4) is 6.07 Å². The molecule has 0 radical (unpaired) electrons. The molecule has 1 heterocycles. The second-order valence-corrected chi connectivity index (χ2v) is 5.58. The molecule has 18 heavy (non-hydrogen) atoms. The highest BCUT2D eigenvalue weighted by molar-refractivity contribution is 7.13. The van der Waals surface area contributed by atoms with Crippen LogP contribution < -0.4 is 0 Å². The summed E-state index contributed by atoms with van der Waals surface area (Å²) in [7, 11) is 0. The summed E-state index contributed by atoms with van der Waals surface area (Å²) in [6.07, 6.45) is 1.96. The van der Waals surface area contributed by atoms with Crippen LogP contribution in [-0.4, -0.2) is 0 Å². The van der Waals surface area contributed by atoms with E-state index in [2.05, 4.69) is 32.0 Å². The minimum absolute atomic E-state index is 0.541. The van der Waals surface area contributed by atoms with Crippen molar-refractivity contribution in [1.82, 2.24) is 0 Å². The maximum absolute atomic E-state index is 9.24. The van der Waals surface area contributed by atoms with Gasteiger partial charge in [-0.3, -0.25) is 0 Å². The van der Waals surface area contributed by atoms with E-state index >= 15 is 0 Å². The summed E-state index contributed by atoms with van der Waals surface area (Å²) in [6, 6.07) is 16.3. The van der Waals surface area contributed by atoms with Gasteiger partial charge in [0.25, 0.3) is 0 Å². The maximum atomic E-state index is 9.24. The van der Waals surface area contributed by atoms with Gasteiger partial charge in [-0.1, -0.05) is 44.2 Å². The number of rotatable bonds is 3. The Morgan fingerprint density at radius 1 is 1.17 bits per heavy atom. The van der Waals surface area contributed by atoms with Gasteiger partial charge in [0.05, 0.1) is 11.6 Å². The monoisotopic (exact) mass is 253 g/mol. The Morgan fingerprint density at radius 3 is 2.44 bits per heavy atom. The molecule has 0 aliphatic rings. The minimum Gasteiger partial charge on any atom is -0.192 e. The summed E-state index contributed by atoms with van der Waals surface area (Å²) in [5.41, 5.74) is 1.69. The van der Waals surface area contributed by atoms with Gasteiger partial charge in [0, 0.05) is 9.75 Å². The van der Waals surface area contributed by atoms with Gasteiger partial charge in [0.15, 0.2) is 0 Å². The molecular formula is C16H15NS. The fourth-order valence-electron chi connectivity index (χ4n) is 1.70. The zero-order valence-corrected chi connectivity index (χ0v) is 11.4. The Hall–Kier alpha value is -1.85. The smallest absolute Gasteiger partial charge is 0.0998 e. The molecule has 0 fully saturated rings. The topological polar surface area (TPSA) is 23.8 Å². The number of allylic oxidation sites excluding steroid dienone is 1. The van der Waals surface area contributed by atoms with Gasteiger partial charge in [-0.05, 0) is 29.7 Å². The largest absolute Gasteiger partial charge is 0.192 e. The fraction of sp³-hybridized carbons (Fsp3) is 0.188. The van der Waals surface area contributed by atoms with Gasteiger partial charge >= 0.3 is 0 Å². The van der Waals surface area contributed by atoms with E-state index in [0.29, 0.717) is 11.5 Å². The molecule has 0 aliphatic heterocycles. The predicted octanol–water partition coefficient (Wildman–Crippen LogP) is 4.94. The predicted molar refractivity (Wildman–Crippen MR) is 78.3 cm³/mol. The van der Waals surface area contributed by atoms with Gasteiger partial charge in [0.1, 0.15) is 0 Å². The van der Waals surface area contributed by atoms with Gasteiger partial charge in [-0.2, -0.15) is 5.26 Å². The Kier molecular flexibility index (Phi) is 3.96. The SMILES string of the molecule is CC(C)c1ccc(/C=C(\C#N)c2ccccc2)s1. The van der Waals surface area contributed by atoms with Crippen molar-refractivity contribution in [2.75, 3.05) is 0 Å². The molecule has 2 rings (SSSR count). The van der Waals surface area contributed by atoms with Crippen LogP contribution in [0.1, 0.15) is 35.1 Å². The Balaban J connectivity index is 2.33. The average Bonchev–Trinajstić information content (AvgIpc) is 2.86. The summed E-state index contributed by atoms with van der Waals surface area (Å²) in [4.78, 5) is 2.49. The van der Waals surface area contributed by atoms with Crippen molar-refractivity contribution in [1.29, 1.82) is 5.26 Å². The molecule has 0 unspecified atom stereocenters. The van der Waals surface area contributed by atoms with E-state index in [4.69, 9.17) is 0 Å². The van der Waals surface area contributed by atoms with E-state index in [-0.39, 0.29) is 0 Å². The highest BCUT2D eigenvalue weighted by atomic mass is 32.1. The average molecular weight is 253 g/mol. The van der Waals surface area contributed by atoms with Crippen LogP contribution in [-0.2, 0) is 0 Å². The summed E-state index contributed by atoms with van der Waals surface area (Å²) in [6.45, 7) is 4.36. The summed E-state index contributed by atoms with van der Waals surface area (Å²) in [5, 5.41) is 9.24. The zero-order chi connectivity index (χ0) is 13.0. The molecule has 0 amide bonds. The van der Waals surface area contributed by atoms with Crippen LogP contribution in [0.4, 0.5) is 0 Å². The van der Waals surface area contributed by atoms with Gasteiger partial charge in [0.2, 0.25) is 0 Å². The molecule has 0 spiro atoms. The lowest BCUT2D eigenvalue weighted by Gasteiger charge is -1.98. The molecule has 0 atom stereocenters. The molecule has 2 aromatic rings. The number of hydrogen-bond acceptors (Lipinski definition) is 2. The quantitative estimate of drug-likeness (QED) is 0.711. The molecule has 0 saturated carbocycles. The first-order valence-electron chi connectivity index (χ1n) is 5.97. The minimum atomic E-state index is 0.541. The van der Waals surface area contributed by atoms with Crippen molar-refractivity contribution in [2.24, 2.45) is 0 Å². The molecule has 90 valence electrons. The van der Waals surface area contributed by atoms with Gasteiger partial charge in [-0.25, -0.2) is 0 Å². The lowest BCUT2D eigenvalue weighted by molar-refractivity contribution is 0.890. The second-order valence-electron chi connectivity index (χ2n) is 4.43. The molecule has 0 saturated heterocycles. The third-order valence-corrected chi connectivity index (χ3v) is 4.04. The third kappa shape index (κ3) is 2.88. The van der Waals surface area contributed by atoms with Crippen LogP contribution in [0.2, 0.25) is 0 Å². The number of benzene rings is 1. The Bertz CT molecular complexity index is 585. The van der Waals surface area contributed by atoms with Crippen LogP contribution in [0, 0.1) is 11.3 Å². The van der Waals surface area contributed by atoms with E-state index in [1.54, 1.807) is 11.3 Å². The second kappa shape index (κ2) is 5.66. The van der Waals surface area contributed by atoms with Crippen LogP contribution >= 0.6 is 11.3 Å². The molecule has 1 aromatic carbocycles. The normalized spacial score (nSPS) is 11.6. The van der Waals surface area contributed by atoms with Crippen molar-refractivity contribution >= 4 is 23.0 Å². The van der Waals surface area contributed by atoms with Crippen molar-refractivity contribution in [2.45, 2.75) is 19.8 Å². The first-order chi connectivity index (χ1) is 8.70. The van der Waals surface area contributed by atoms with Crippen LogP contribution in [0.15, 0.2) is 42.5 Å². The van der Waals surface area contributed by atoms with Crippen molar-refractivity contribution < 1.29 is 0 Å². The molecule has 0 aliphatic carbocycles. The lowest BCUT2D eigenvalue weighted by Crippen LogP contribution is -1.79. The summed E-state index contributed by atoms with van der Waals surface area (Å²) >= 11 is 1.75. The van der Waals surface area contributed by atoms with E-state index in [1.807, 2.05) is 36.4 Å². The highest BCUT2D eigenvalue weighted by Crippen LogP contribution is 2.27. The molecule has 2 heteroatoms. The van der Waals surface area contributed by atoms with Crippen LogP contribution in [0.25, 0.3) is 11.6 Å². The van der Waals surface area contributed by atoms with E-state index in [1.165, 1.54) is 4.88 Å². The number of nitrogens with zero attached hydrogens (tertiary/aromatic N) is 1. The van der Waals surface area contributed by atoms with E-state index in [9.17, 15) is 5.26 Å². The third-order valence-electron chi connectivity index (χ3n) is 2.71. The standard InChI is InChI=1S/C16H15NS/c1-12(2)16-9-8-15(18-16)10-14(11-17)13-6-4-3-5-7-13/h3-10,12H,1-2H3/b14-10+. The first kappa shape index (κ1) is 12.6. The first-order valence-corrected chi connectivity index (χ1v) is 6.79. The number of hydrogen-bond donors (Lipinski definition) is 0. The maximum Gasteiger partial charge on any atom is 0.0998 e. The van der Waals surface area contributed by atoms with Crippen molar-refractivity contribution in [3.63, 3.8) is 0 Å². The highest BCUT2D eigenvalue weighted by Gasteiger charge is 2.04. The molecular weight excluding hydrogens is 238 g/mol. The lowest BCUT2D eigenvalue weighted by atomic mass is 10.1. The van der Waals surface area contributed by atoms with E-state index < -0.39 is 0 Å². The number of nitriles is 1. The molecule has 0 bridgehead atoms. The fourth-order valence-corrected chi connectivity index (χ4v) is 2.65. The van der Waals surface area contributed by atoms with Crippen LogP contribution in [0.5, 0.6) is 0 Å². The molecule has 1 nitrogen and oxygen atoms in total. The molecule has 0 N–H and O–H groups in total.